The van der Waals surface area contributed by atoms with Crippen LogP contribution < -0.4 is 5.32 Å². The molecule has 0 amide bonds. The van der Waals surface area contributed by atoms with Crippen molar-refractivity contribution in [1.82, 2.24) is 5.32 Å². The van der Waals surface area contributed by atoms with Crippen molar-refractivity contribution in [2.75, 3.05) is 13.7 Å². The second-order valence-electron chi connectivity index (χ2n) is 2.95. The fraction of sp³-hybridized carbons (Fsp3) is 0.400. The first-order valence-corrected chi connectivity index (χ1v) is 4.38. The third-order valence-electron chi connectivity index (χ3n) is 1.81. The molecule has 0 aromatic heterocycles. The molecule has 14 heavy (non-hydrogen) atoms. The largest absolute Gasteiger partial charge is 0.367 e. The van der Waals surface area contributed by atoms with Gasteiger partial charge in [0.25, 0.3) is 0 Å². The standard InChI is InChI=1S/C10H14FNO2/c1-14-10(13)7-12-6-8-3-2-4-9(11)5-8/h2-5,10,12-13H,6-7H2,1H3. The Morgan fingerprint density at radius 2 is 2.36 bits per heavy atom. The summed E-state index contributed by atoms with van der Waals surface area (Å²) < 4.78 is 17.3. The molecule has 4 heteroatoms. The van der Waals surface area contributed by atoms with Crippen LogP contribution in [0.1, 0.15) is 5.56 Å². The molecular formula is C10H14FNO2. The number of aliphatic hydroxyl groups excluding tert-OH is 1. The van der Waals surface area contributed by atoms with Crippen LogP contribution in [0.3, 0.4) is 0 Å². The zero-order valence-electron chi connectivity index (χ0n) is 8.03. The van der Waals surface area contributed by atoms with Gasteiger partial charge in [-0.15, -0.1) is 0 Å². The van der Waals surface area contributed by atoms with Gasteiger partial charge in [-0.25, -0.2) is 4.39 Å². The van der Waals surface area contributed by atoms with Crippen LogP contribution in [0.15, 0.2) is 24.3 Å². The van der Waals surface area contributed by atoms with Crippen molar-refractivity contribution in [1.29, 1.82) is 0 Å². The minimum Gasteiger partial charge on any atom is -0.367 e. The molecule has 1 aromatic carbocycles. The van der Waals surface area contributed by atoms with E-state index in [1.165, 1.54) is 19.2 Å². The van der Waals surface area contributed by atoms with Gasteiger partial charge in [-0.3, -0.25) is 0 Å². The van der Waals surface area contributed by atoms with Crippen molar-refractivity contribution in [2.45, 2.75) is 12.8 Å². The Morgan fingerprint density at radius 3 is 3.00 bits per heavy atom. The predicted octanol–water partition coefficient (Wildman–Crippen LogP) is 0.880. The maximum Gasteiger partial charge on any atom is 0.166 e. The van der Waals surface area contributed by atoms with E-state index in [0.717, 1.165) is 5.56 Å². The first kappa shape index (κ1) is 11.1. The molecule has 0 saturated carbocycles. The topological polar surface area (TPSA) is 41.5 Å². The molecule has 0 saturated heterocycles. The quantitative estimate of drug-likeness (QED) is 0.692. The van der Waals surface area contributed by atoms with Crippen LogP contribution in [-0.2, 0) is 11.3 Å². The van der Waals surface area contributed by atoms with Crippen molar-refractivity contribution >= 4 is 0 Å². The Balaban J connectivity index is 2.31. The Kier molecular flexibility index (Phi) is 4.52. The summed E-state index contributed by atoms with van der Waals surface area (Å²) in [4.78, 5) is 0. The highest BCUT2D eigenvalue weighted by atomic mass is 19.1. The van der Waals surface area contributed by atoms with Gasteiger partial charge in [-0.2, -0.15) is 0 Å². The van der Waals surface area contributed by atoms with Crippen molar-refractivity contribution in [3.8, 4) is 0 Å². The normalized spacial score (nSPS) is 12.8. The molecule has 1 aromatic rings. The molecule has 3 nitrogen and oxygen atoms in total. The molecule has 2 N–H and O–H groups in total. The predicted molar refractivity (Wildman–Crippen MR) is 51.1 cm³/mol. The van der Waals surface area contributed by atoms with Crippen LogP contribution in [0.25, 0.3) is 0 Å². The van der Waals surface area contributed by atoms with Gasteiger partial charge in [0.1, 0.15) is 5.82 Å². The molecule has 1 atom stereocenters. The first-order chi connectivity index (χ1) is 6.72. The Labute approximate surface area is 82.5 Å². The number of ether oxygens (including phenoxy) is 1. The number of nitrogens with one attached hydrogen (secondary N) is 1. The monoisotopic (exact) mass is 199 g/mol. The van der Waals surface area contributed by atoms with Crippen molar-refractivity contribution < 1.29 is 14.2 Å². The lowest BCUT2D eigenvalue weighted by Gasteiger charge is -2.09. The third-order valence-corrected chi connectivity index (χ3v) is 1.81. The van der Waals surface area contributed by atoms with E-state index in [1.807, 2.05) is 6.07 Å². The Bertz CT molecular complexity index is 281. The van der Waals surface area contributed by atoms with E-state index < -0.39 is 6.29 Å². The van der Waals surface area contributed by atoms with E-state index >= 15 is 0 Å². The van der Waals surface area contributed by atoms with E-state index in [9.17, 15) is 4.39 Å². The second kappa shape index (κ2) is 5.70. The number of rotatable bonds is 5. The van der Waals surface area contributed by atoms with Gasteiger partial charge in [0.2, 0.25) is 0 Å². The SMILES string of the molecule is COC(O)CNCc1cccc(F)c1. The molecule has 78 valence electrons. The average molecular weight is 199 g/mol. The molecule has 1 rings (SSSR count). The van der Waals surface area contributed by atoms with E-state index in [-0.39, 0.29) is 5.82 Å². The van der Waals surface area contributed by atoms with Gasteiger partial charge in [0.15, 0.2) is 6.29 Å². The number of benzene rings is 1. The number of aliphatic hydroxyl groups is 1. The smallest absolute Gasteiger partial charge is 0.166 e. The maximum absolute atomic E-state index is 12.7. The number of hydrogen-bond donors (Lipinski definition) is 2. The van der Waals surface area contributed by atoms with Gasteiger partial charge in [0, 0.05) is 20.2 Å². The lowest BCUT2D eigenvalue weighted by molar-refractivity contribution is -0.0709. The van der Waals surface area contributed by atoms with Gasteiger partial charge in [-0.1, -0.05) is 12.1 Å². The average Bonchev–Trinajstić information content (AvgIpc) is 2.17. The maximum atomic E-state index is 12.7. The van der Waals surface area contributed by atoms with Crippen LogP contribution in [0.2, 0.25) is 0 Å². The van der Waals surface area contributed by atoms with E-state index in [2.05, 4.69) is 10.1 Å². The number of halogens is 1. The van der Waals surface area contributed by atoms with E-state index in [0.29, 0.717) is 13.1 Å². The molecule has 1 unspecified atom stereocenters. The lowest BCUT2D eigenvalue weighted by Crippen LogP contribution is -2.27. The Morgan fingerprint density at radius 1 is 1.57 bits per heavy atom. The summed E-state index contributed by atoms with van der Waals surface area (Å²) >= 11 is 0. The van der Waals surface area contributed by atoms with Crippen molar-refractivity contribution in [3.63, 3.8) is 0 Å². The molecule has 0 radical (unpaired) electrons. The van der Waals surface area contributed by atoms with Crippen molar-refractivity contribution in [3.05, 3.63) is 35.6 Å². The van der Waals surface area contributed by atoms with Crippen LogP contribution in [0, 0.1) is 5.82 Å². The second-order valence-corrected chi connectivity index (χ2v) is 2.95. The highest BCUT2D eigenvalue weighted by molar-refractivity contribution is 5.15. The highest BCUT2D eigenvalue weighted by Gasteiger charge is 2.00. The summed E-state index contributed by atoms with van der Waals surface area (Å²) in [6.45, 7) is 0.838. The minimum atomic E-state index is -0.816. The number of methoxy groups -OCH3 is 1. The molecule has 0 bridgehead atoms. The van der Waals surface area contributed by atoms with Crippen LogP contribution in [0.4, 0.5) is 4.39 Å². The number of hydrogen-bond acceptors (Lipinski definition) is 3. The summed E-state index contributed by atoms with van der Waals surface area (Å²) in [6, 6.07) is 6.31. The third kappa shape index (κ3) is 3.83. The molecule has 0 heterocycles. The van der Waals surface area contributed by atoms with Gasteiger partial charge in [-0.05, 0) is 17.7 Å². The highest BCUT2D eigenvalue weighted by Crippen LogP contribution is 2.02. The zero-order valence-corrected chi connectivity index (χ0v) is 8.03. The molecule has 0 fully saturated rings. The molecule has 0 spiro atoms. The summed E-state index contributed by atoms with van der Waals surface area (Å²) in [5.41, 5.74) is 0.841. The fourth-order valence-corrected chi connectivity index (χ4v) is 1.07. The van der Waals surface area contributed by atoms with Gasteiger partial charge >= 0.3 is 0 Å². The summed E-state index contributed by atoms with van der Waals surface area (Å²) in [7, 11) is 1.43. The lowest BCUT2D eigenvalue weighted by atomic mass is 10.2. The van der Waals surface area contributed by atoms with E-state index in [1.54, 1.807) is 6.07 Å². The zero-order chi connectivity index (χ0) is 10.4. The summed E-state index contributed by atoms with van der Waals surface area (Å²) in [5, 5.41) is 12.0. The van der Waals surface area contributed by atoms with Crippen LogP contribution in [-0.4, -0.2) is 25.1 Å². The van der Waals surface area contributed by atoms with E-state index in [4.69, 9.17) is 5.11 Å². The summed E-state index contributed by atoms with van der Waals surface area (Å²) in [6.07, 6.45) is -0.816. The molecule has 0 aliphatic heterocycles. The van der Waals surface area contributed by atoms with Gasteiger partial charge in [0.05, 0.1) is 0 Å². The molecular weight excluding hydrogens is 185 g/mol. The molecule has 0 aliphatic rings. The summed E-state index contributed by atoms with van der Waals surface area (Å²) in [5.74, 6) is -0.253. The minimum absolute atomic E-state index is 0.253. The fourth-order valence-electron chi connectivity index (χ4n) is 1.07. The molecule has 0 aliphatic carbocycles. The first-order valence-electron chi connectivity index (χ1n) is 4.38. The van der Waals surface area contributed by atoms with Crippen LogP contribution in [0.5, 0.6) is 0 Å². The van der Waals surface area contributed by atoms with Crippen molar-refractivity contribution in [2.24, 2.45) is 0 Å². The van der Waals surface area contributed by atoms with Crippen LogP contribution >= 0.6 is 0 Å². The van der Waals surface area contributed by atoms with Gasteiger partial charge < -0.3 is 15.2 Å². The Hall–Kier alpha value is -0.970.